The van der Waals surface area contributed by atoms with Crippen LogP contribution in [0.15, 0.2) is 48.8 Å². The number of alkyl halides is 3. The third kappa shape index (κ3) is 3.83. The van der Waals surface area contributed by atoms with Crippen molar-refractivity contribution in [2.45, 2.75) is 12.7 Å². The molecule has 2 heterocycles. The molecule has 0 amide bonds. The quantitative estimate of drug-likeness (QED) is 0.767. The van der Waals surface area contributed by atoms with Crippen LogP contribution in [0, 0.1) is 11.3 Å². The van der Waals surface area contributed by atoms with E-state index in [-0.39, 0.29) is 17.9 Å². The van der Waals surface area contributed by atoms with Crippen molar-refractivity contribution in [2.75, 3.05) is 5.32 Å². The van der Waals surface area contributed by atoms with Gasteiger partial charge in [0.1, 0.15) is 17.6 Å². The van der Waals surface area contributed by atoms with Gasteiger partial charge in [0.2, 0.25) is 0 Å². The van der Waals surface area contributed by atoms with Crippen molar-refractivity contribution in [3.63, 3.8) is 0 Å². The zero-order chi connectivity index (χ0) is 18.7. The number of nitrogens with zero attached hydrogens (tertiary/aromatic N) is 4. The second kappa shape index (κ2) is 6.88. The topological polar surface area (TPSA) is 66.5 Å². The number of anilines is 1. The SMILES string of the molecule is Cn1cc(-c2cccc(CNc3nc(C(F)(F)F)ccc3C#N)c2)cn1. The van der Waals surface area contributed by atoms with Crippen molar-refractivity contribution in [1.82, 2.24) is 14.8 Å². The molecule has 0 fully saturated rings. The Bertz CT molecular complexity index is 969. The van der Waals surface area contributed by atoms with Crippen molar-refractivity contribution in [2.24, 2.45) is 7.05 Å². The van der Waals surface area contributed by atoms with Crippen molar-refractivity contribution in [3.8, 4) is 17.2 Å². The van der Waals surface area contributed by atoms with Gasteiger partial charge in [0, 0.05) is 25.4 Å². The minimum absolute atomic E-state index is 0.0569. The van der Waals surface area contributed by atoms with Crippen LogP contribution in [-0.2, 0) is 19.8 Å². The average molecular weight is 357 g/mol. The molecule has 0 aliphatic carbocycles. The Kier molecular flexibility index (Phi) is 4.63. The highest BCUT2D eigenvalue weighted by Crippen LogP contribution is 2.29. The predicted octanol–water partition coefficient (Wildman–Crippen LogP) is 3.98. The Labute approximate surface area is 147 Å². The van der Waals surface area contributed by atoms with E-state index in [1.807, 2.05) is 43.6 Å². The third-order valence-electron chi connectivity index (χ3n) is 3.73. The van der Waals surface area contributed by atoms with Crippen LogP contribution in [0.2, 0.25) is 0 Å². The molecule has 0 bridgehead atoms. The van der Waals surface area contributed by atoms with E-state index >= 15 is 0 Å². The molecule has 3 rings (SSSR count). The van der Waals surface area contributed by atoms with Gasteiger partial charge < -0.3 is 5.32 Å². The Hall–Kier alpha value is -3.34. The van der Waals surface area contributed by atoms with E-state index in [9.17, 15) is 13.2 Å². The predicted molar refractivity (Wildman–Crippen MR) is 89.9 cm³/mol. The van der Waals surface area contributed by atoms with Gasteiger partial charge in [-0.05, 0) is 29.3 Å². The first-order valence-corrected chi connectivity index (χ1v) is 7.67. The van der Waals surface area contributed by atoms with E-state index in [1.54, 1.807) is 10.9 Å². The molecule has 1 aromatic carbocycles. The zero-order valence-electron chi connectivity index (χ0n) is 13.7. The second-order valence-corrected chi connectivity index (χ2v) is 5.66. The maximum absolute atomic E-state index is 12.8. The van der Waals surface area contributed by atoms with Crippen LogP contribution in [0.3, 0.4) is 0 Å². The van der Waals surface area contributed by atoms with Crippen molar-refractivity contribution >= 4 is 5.82 Å². The summed E-state index contributed by atoms with van der Waals surface area (Å²) in [6.45, 7) is 0.233. The van der Waals surface area contributed by atoms with Gasteiger partial charge >= 0.3 is 6.18 Å². The maximum atomic E-state index is 12.8. The lowest BCUT2D eigenvalue weighted by atomic mass is 10.1. The summed E-state index contributed by atoms with van der Waals surface area (Å²) >= 11 is 0. The minimum atomic E-state index is -4.56. The highest BCUT2D eigenvalue weighted by molar-refractivity contribution is 5.62. The van der Waals surface area contributed by atoms with E-state index < -0.39 is 11.9 Å². The number of benzene rings is 1. The maximum Gasteiger partial charge on any atom is 0.433 e. The fraction of sp³-hybridized carbons (Fsp3) is 0.167. The van der Waals surface area contributed by atoms with Crippen LogP contribution in [0.5, 0.6) is 0 Å². The molecule has 2 aromatic heterocycles. The molecule has 3 aromatic rings. The number of pyridine rings is 1. The Balaban J connectivity index is 1.82. The molecule has 1 N–H and O–H groups in total. The molecule has 0 saturated carbocycles. The molecular formula is C18H14F3N5. The normalized spacial score (nSPS) is 11.2. The van der Waals surface area contributed by atoms with E-state index in [0.717, 1.165) is 28.8 Å². The number of rotatable bonds is 4. The fourth-order valence-electron chi connectivity index (χ4n) is 2.46. The van der Waals surface area contributed by atoms with E-state index in [0.29, 0.717) is 0 Å². The van der Waals surface area contributed by atoms with Crippen molar-refractivity contribution in [3.05, 3.63) is 65.6 Å². The van der Waals surface area contributed by atoms with Gasteiger partial charge in [0.05, 0.1) is 11.8 Å². The summed E-state index contributed by atoms with van der Waals surface area (Å²) in [5, 5.41) is 16.0. The van der Waals surface area contributed by atoms with E-state index in [2.05, 4.69) is 15.4 Å². The molecule has 0 aliphatic rings. The Morgan fingerprint density at radius 2 is 2.00 bits per heavy atom. The number of aromatic nitrogens is 3. The molecule has 0 atom stereocenters. The van der Waals surface area contributed by atoms with Gasteiger partial charge in [-0.25, -0.2) is 4.98 Å². The van der Waals surface area contributed by atoms with Crippen LogP contribution >= 0.6 is 0 Å². The summed E-state index contributed by atoms with van der Waals surface area (Å²) in [6, 6.07) is 11.3. The zero-order valence-corrected chi connectivity index (χ0v) is 13.7. The highest BCUT2D eigenvalue weighted by atomic mass is 19.4. The van der Waals surface area contributed by atoms with E-state index in [4.69, 9.17) is 5.26 Å². The molecule has 8 heteroatoms. The molecule has 0 unspecified atom stereocenters. The summed E-state index contributed by atoms with van der Waals surface area (Å²) < 4.78 is 40.2. The lowest BCUT2D eigenvalue weighted by Gasteiger charge is -2.11. The number of nitriles is 1. The first-order chi connectivity index (χ1) is 12.4. The minimum Gasteiger partial charge on any atom is -0.365 e. The number of nitrogens with one attached hydrogen (secondary N) is 1. The Morgan fingerprint density at radius 1 is 1.19 bits per heavy atom. The lowest BCUT2D eigenvalue weighted by Crippen LogP contribution is -2.11. The third-order valence-corrected chi connectivity index (χ3v) is 3.73. The fourth-order valence-corrected chi connectivity index (χ4v) is 2.46. The lowest BCUT2D eigenvalue weighted by molar-refractivity contribution is -0.141. The van der Waals surface area contributed by atoms with Crippen LogP contribution in [0.1, 0.15) is 16.8 Å². The van der Waals surface area contributed by atoms with Gasteiger partial charge in [-0.15, -0.1) is 0 Å². The van der Waals surface area contributed by atoms with Gasteiger partial charge in [-0.1, -0.05) is 18.2 Å². The summed E-state index contributed by atoms with van der Waals surface area (Å²) in [5.41, 5.74) is 1.73. The Morgan fingerprint density at radius 3 is 2.65 bits per heavy atom. The molecule has 26 heavy (non-hydrogen) atoms. The molecule has 0 spiro atoms. The largest absolute Gasteiger partial charge is 0.433 e. The van der Waals surface area contributed by atoms with Crippen molar-refractivity contribution in [1.29, 1.82) is 5.26 Å². The second-order valence-electron chi connectivity index (χ2n) is 5.66. The molecule has 0 radical (unpaired) electrons. The van der Waals surface area contributed by atoms with Gasteiger partial charge in [-0.3, -0.25) is 4.68 Å². The number of halogens is 3. The standard InChI is InChI=1S/C18H14F3N5/c1-26-11-15(10-24-26)13-4-2-3-12(7-13)9-23-17-14(8-22)5-6-16(25-17)18(19,20)21/h2-7,10-11H,9H2,1H3,(H,23,25). The van der Waals surface area contributed by atoms with Crippen LogP contribution in [0.25, 0.3) is 11.1 Å². The number of hydrogen-bond acceptors (Lipinski definition) is 4. The van der Waals surface area contributed by atoms with Crippen molar-refractivity contribution < 1.29 is 13.2 Å². The van der Waals surface area contributed by atoms with Gasteiger partial charge in [-0.2, -0.15) is 23.5 Å². The molecule has 5 nitrogen and oxygen atoms in total. The monoisotopic (exact) mass is 357 g/mol. The molecule has 0 aliphatic heterocycles. The molecular weight excluding hydrogens is 343 g/mol. The first kappa shape index (κ1) is 17.5. The summed E-state index contributed by atoms with van der Waals surface area (Å²) in [4.78, 5) is 3.54. The summed E-state index contributed by atoms with van der Waals surface area (Å²) in [5.74, 6) is -0.0888. The average Bonchev–Trinajstić information content (AvgIpc) is 3.05. The van der Waals surface area contributed by atoms with Crippen LogP contribution in [-0.4, -0.2) is 14.8 Å². The number of hydrogen-bond donors (Lipinski definition) is 1. The van der Waals surface area contributed by atoms with Gasteiger partial charge in [0.15, 0.2) is 0 Å². The summed E-state index contributed by atoms with van der Waals surface area (Å²) in [7, 11) is 1.82. The summed E-state index contributed by atoms with van der Waals surface area (Å²) in [6.07, 6.45) is -0.964. The van der Waals surface area contributed by atoms with Crippen LogP contribution in [0.4, 0.5) is 19.0 Å². The van der Waals surface area contributed by atoms with E-state index in [1.165, 1.54) is 0 Å². The highest BCUT2D eigenvalue weighted by Gasteiger charge is 2.33. The number of aryl methyl sites for hydroxylation is 1. The van der Waals surface area contributed by atoms with Crippen LogP contribution < -0.4 is 5.32 Å². The molecule has 0 saturated heterocycles. The van der Waals surface area contributed by atoms with Gasteiger partial charge in [0.25, 0.3) is 0 Å². The smallest absolute Gasteiger partial charge is 0.365 e. The first-order valence-electron chi connectivity index (χ1n) is 7.67. The molecule has 132 valence electrons.